The van der Waals surface area contributed by atoms with Gasteiger partial charge in [0.05, 0.1) is 0 Å². The maximum Gasteiger partial charge on any atom is 0.277 e. The number of benzene rings is 1. The Morgan fingerprint density at radius 3 is 2.88 bits per heavy atom. The number of rotatable bonds is 6. The predicted octanol–water partition coefficient (Wildman–Crippen LogP) is 2.74. The molecule has 2 heterocycles. The molecule has 0 bridgehead atoms. The van der Waals surface area contributed by atoms with Crippen LogP contribution in [0, 0.1) is 6.92 Å². The van der Waals surface area contributed by atoms with E-state index in [1.165, 1.54) is 5.56 Å². The largest absolute Gasteiger partial charge is 0.354 e. The highest BCUT2D eigenvalue weighted by Crippen LogP contribution is 2.28. The summed E-state index contributed by atoms with van der Waals surface area (Å²) in [5, 5.41) is 3.24. The van der Waals surface area contributed by atoms with Gasteiger partial charge in [0, 0.05) is 24.5 Å². The molecule has 1 amide bonds. The summed E-state index contributed by atoms with van der Waals surface area (Å²) in [6.45, 7) is 4.40. The van der Waals surface area contributed by atoms with Crippen LogP contribution in [0.25, 0.3) is 0 Å². The molecule has 0 fully saturated rings. The summed E-state index contributed by atoms with van der Waals surface area (Å²) < 4.78 is 0. The Labute approximate surface area is 155 Å². The van der Waals surface area contributed by atoms with Gasteiger partial charge in [0.15, 0.2) is 0 Å². The number of fused-ring (bicyclic) bond motifs is 1. The Morgan fingerprint density at radius 1 is 1.27 bits per heavy atom. The number of anilines is 2. The van der Waals surface area contributed by atoms with Crippen molar-refractivity contribution in [3.63, 3.8) is 0 Å². The van der Waals surface area contributed by atoms with Crippen LogP contribution >= 0.6 is 0 Å². The second kappa shape index (κ2) is 8.27. The summed E-state index contributed by atoms with van der Waals surface area (Å²) in [5.74, 6) is 0.469. The van der Waals surface area contributed by atoms with Crippen molar-refractivity contribution in [3.8, 4) is 0 Å². The maximum absolute atomic E-state index is 13.1. The molecule has 6 heteroatoms. The molecule has 1 aromatic heterocycles. The monoisotopic (exact) mass is 353 g/mol. The van der Waals surface area contributed by atoms with Crippen molar-refractivity contribution >= 4 is 17.5 Å². The number of hydrogen-bond acceptors (Lipinski definition) is 5. The molecule has 6 nitrogen and oxygen atoms in total. The number of aromatic nitrogens is 2. The number of aryl methyl sites for hydroxylation is 2. The molecule has 0 aliphatic carbocycles. The van der Waals surface area contributed by atoms with Gasteiger partial charge in [-0.15, -0.1) is 0 Å². The Kier molecular flexibility index (Phi) is 5.83. The van der Waals surface area contributed by atoms with Gasteiger partial charge in [-0.05, 0) is 64.5 Å². The summed E-state index contributed by atoms with van der Waals surface area (Å²) >= 11 is 0. The number of para-hydroxylation sites is 1. The molecule has 2 aromatic rings. The lowest BCUT2D eigenvalue weighted by molar-refractivity contribution is 0.0980. The highest BCUT2D eigenvalue weighted by molar-refractivity contribution is 6.05. The third-order valence-electron chi connectivity index (χ3n) is 4.49. The summed E-state index contributed by atoms with van der Waals surface area (Å²) in [6.07, 6.45) is 2.98. The quantitative estimate of drug-likeness (QED) is 0.809. The first-order valence-electron chi connectivity index (χ1n) is 9.18. The third kappa shape index (κ3) is 4.38. The molecular formula is C20H27N5O. The van der Waals surface area contributed by atoms with E-state index in [1.807, 2.05) is 30.0 Å². The average Bonchev–Trinajstić information content (AvgIpc) is 2.63. The number of carbonyl (C=O) groups is 1. The summed E-state index contributed by atoms with van der Waals surface area (Å²) in [5.41, 5.74) is 3.47. The smallest absolute Gasteiger partial charge is 0.277 e. The van der Waals surface area contributed by atoms with Crippen LogP contribution in [0.5, 0.6) is 0 Å². The Morgan fingerprint density at radius 2 is 2.08 bits per heavy atom. The van der Waals surface area contributed by atoms with E-state index in [0.29, 0.717) is 11.6 Å². The van der Waals surface area contributed by atoms with Gasteiger partial charge < -0.3 is 15.1 Å². The van der Waals surface area contributed by atoms with Gasteiger partial charge in [-0.25, -0.2) is 9.97 Å². The third-order valence-corrected chi connectivity index (χ3v) is 4.49. The first-order chi connectivity index (χ1) is 12.5. The van der Waals surface area contributed by atoms with Crippen molar-refractivity contribution < 1.29 is 4.79 Å². The van der Waals surface area contributed by atoms with Crippen molar-refractivity contribution in [2.24, 2.45) is 0 Å². The molecule has 0 spiro atoms. The van der Waals surface area contributed by atoms with Crippen LogP contribution in [-0.4, -0.2) is 54.5 Å². The lowest BCUT2D eigenvalue weighted by atomic mass is 10.0. The molecule has 1 aliphatic heterocycles. The number of carbonyl (C=O) groups excluding carboxylic acids is 1. The van der Waals surface area contributed by atoms with Gasteiger partial charge in [-0.2, -0.15) is 0 Å². The van der Waals surface area contributed by atoms with Gasteiger partial charge in [0.1, 0.15) is 5.69 Å². The maximum atomic E-state index is 13.1. The molecule has 26 heavy (non-hydrogen) atoms. The molecule has 0 saturated heterocycles. The molecule has 1 N–H and O–H groups in total. The predicted molar refractivity (Wildman–Crippen MR) is 105 cm³/mol. The van der Waals surface area contributed by atoms with Crippen LogP contribution < -0.4 is 10.2 Å². The Hall–Kier alpha value is -2.47. The van der Waals surface area contributed by atoms with Crippen molar-refractivity contribution in [1.29, 1.82) is 0 Å². The number of nitrogens with one attached hydrogen (secondary N) is 1. The van der Waals surface area contributed by atoms with Gasteiger partial charge in [-0.3, -0.25) is 4.79 Å². The topological polar surface area (TPSA) is 61.4 Å². The number of amides is 1. The van der Waals surface area contributed by atoms with E-state index >= 15 is 0 Å². The zero-order chi connectivity index (χ0) is 18.5. The first kappa shape index (κ1) is 18.3. The summed E-state index contributed by atoms with van der Waals surface area (Å²) in [4.78, 5) is 26.0. The van der Waals surface area contributed by atoms with Crippen molar-refractivity contribution in [1.82, 2.24) is 14.9 Å². The summed E-state index contributed by atoms with van der Waals surface area (Å²) in [7, 11) is 4.10. The molecule has 1 aliphatic rings. The fourth-order valence-electron chi connectivity index (χ4n) is 3.24. The van der Waals surface area contributed by atoms with Gasteiger partial charge in [0.25, 0.3) is 5.91 Å². The van der Waals surface area contributed by atoms with E-state index in [-0.39, 0.29) is 5.91 Å². The van der Waals surface area contributed by atoms with Crippen molar-refractivity contribution in [3.05, 3.63) is 47.3 Å². The SMILES string of the molecule is Cc1cc(C(=O)N2CCCc3ccccc32)nc(NCCCN(C)C)n1. The van der Waals surface area contributed by atoms with Crippen molar-refractivity contribution in [2.45, 2.75) is 26.2 Å². The number of hydrogen-bond donors (Lipinski definition) is 1. The Balaban J connectivity index is 1.76. The highest BCUT2D eigenvalue weighted by atomic mass is 16.2. The van der Waals surface area contributed by atoms with Crippen molar-refractivity contribution in [2.75, 3.05) is 43.9 Å². The van der Waals surface area contributed by atoms with E-state index in [1.54, 1.807) is 6.07 Å². The minimum Gasteiger partial charge on any atom is -0.354 e. The van der Waals surface area contributed by atoms with Gasteiger partial charge in [0.2, 0.25) is 5.95 Å². The molecule has 0 radical (unpaired) electrons. The van der Waals surface area contributed by atoms with E-state index < -0.39 is 0 Å². The molecule has 0 saturated carbocycles. The highest BCUT2D eigenvalue weighted by Gasteiger charge is 2.24. The van der Waals surface area contributed by atoms with Gasteiger partial charge in [-0.1, -0.05) is 18.2 Å². The summed E-state index contributed by atoms with van der Waals surface area (Å²) in [6, 6.07) is 9.88. The van der Waals surface area contributed by atoms with Crippen LogP contribution in [0.1, 0.15) is 34.6 Å². The second-order valence-corrected chi connectivity index (χ2v) is 6.99. The Bertz CT molecular complexity index is 775. The standard InChI is InChI=1S/C20H27N5O/c1-15-14-17(23-20(22-15)21-11-7-12-24(2)3)19(26)25-13-6-9-16-8-4-5-10-18(16)25/h4-5,8,10,14H,6-7,9,11-13H2,1-3H3,(H,21,22,23). The molecule has 3 rings (SSSR count). The van der Waals surface area contributed by atoms with E-state index in [2.05, 4.69) is 40.3 Å². The van der Waals surface area contributed by atoms with Crippen LogP contribution in [0.2, 0.25) is 0 Å². The van der Waals surface area contributed by atoms with E-state index in [9.17, 15) is 4.79 Å². The van der Waals surface area contributed by atoms with Crippen LogP contribution in [0.3, 0.4) is 0 Å². The average molecular weight is 353 g/mol. The van der Waals surface area contributed by atoms with Crippen LogP contribution in [0.4, 0.5) is 11.6 Å². The first-order valence-corrected chi connectivity index (χ1v) is 9.18. The van der Waals surface area contributed by atoms with E-state index in [4.69, 9.17) is 0 Å². The molecule has 138 valence electrons. The second-order valence-electron chi connectivity index (χ2n) is 6.99. The van der Waals surface area contributed by atoms with Gasteiger partial charge >= 0.3 is 0 Å². The zero-order valence-corrected chi connectivity index (χ0v) is 15.8. The minimum atomic E-state index is -0.0565. The molecule has 0 atom stereocenters. The van der Waals surface area contributed by atoms with E-state index in [0.717, 1.165) is 50.3 Å². The lowest BCUT2D eigenvalue weighted by Gasteiger charge is -2.29. The fraction of sp³-hybridized carbons (Fsp3) is 0.450. The minimum absolute atomic E-state index is 0.0565. The van der Waals surface area contributed by atoms with Crippen LogP contribution in [-0.2, 0) is 6.42 Å². The fourth-order valence-corrected chi connectivity index (χ4v) is 3.24. The normalized spacial score (nSPS) is 13.6. The number of nitrogens with zero attached hydrogens (tertiary/aromatic N) is 4. The lowest BCUT2D eigenvalue weighted by Crippen LogP contribution is -2.36. The molecular weight excluding hydrogens is 326 g/mol. The zero-order valence-electron chi connectivity index (χ0n) is 15.8. The van der Waals surface area contributed by atoms with Crippen LogP contribution in [0.15, 0.2) is 30.3 Å². The molecule has 0 unspecified atom stereocenters. The molecule has 1 aromatic carbocycles.